The molecule has 19 heavy (non-hydrogen) atoms. The highest BCUT2D eigenvalue weighted by Crippen LogP contribution is 2.33. The number of aliphatic hydroxyl groups is 1. The summed E-state index contributed by atoms with van der Waals surface area (Å²) in [6, 6.07) is 4.17. The molecule has 2 rings (SSSR count). The Bertz CT molecular complexity index is 432. The van der Waals surface area contributed by atoms with Gasteiger partial charge in [0.25, 0.3) is 0 Å². The maximum atomic E-state index is 9.69. The van der Waals surface area contributed by atoms with Gasteiger partial charge in [-0.05, 0) is 63.3 Å². The molecule has 1 aliphatic rings. The molecule has 1 aromatic carbocycles. The normalized spacial score (nSPS) is 14.5. The van der Waals surface area contributed by atoms with E-state index in [1.165, 1.54) is 11.1 Å². The van der Waals surface area contributed by atoms with Crippen LogP contribution >= 0.6 is 0 Å². The minimum Gasteiger partial charge on any atom is -0.486 e. The van der Waals surface area contributed by atoms with Crippen LogP contribution in [-0.2, 0) is 6.42 Å². The predicted molar refractivity (Wildman–Crippen MR) is 76.0 cm³/mol. The van der Waals surface area contributed by atoms with Crippen molar-refractivity contribution in [3.63, 3.8) is 0 Å². The minimum absolute atomic E-state index is 0.554. The second-order valence-corrected chi connectivity index (χ2v) is 5.94. The van der Waals surface area contributed by atoms with Crippen LogP contribution in [0.2, 0.25) is 0 Å². The van der Waals surface area contributed by atoms with E-state index >= 15 is 0 Å². The molecule has 0 unspecified atom stereocenters. The summed E-state index contributed by atoms with van der Waals surface area (Å²) in [5.41, 5.74) is 2.02. The summed E-state index contributed by atoms with van der Waals surface area (Å²) >= 11 is 0. The van der Waals surface area contributed by atoms with Gasteiger partial charge in [0.1, 0.15) is 13.2 Å². The fraction of sp³-hybridized carbons (Fsp3) is 0.625. The molecule has 1 N–H and O–H groups in total. The molecule has 0 radical (unpaired) electrons. The van der Waals surface area contributed by atoms with Crippen molar-refractivity contribution >= 4 is 0 Å². The van der Waals surface area contributed by atoms with Crippen LogP contribution in [0.15, 0.2) is 12.1 Å². The quantitative estimate of drug-likeness (QED) is 0.830. The molecule has 0 spiro atoms. The Kier molecular flexibility index (Phi) is 4.35. The third-order valence-electron chi connectivity index (χ3n) is 3.49. The highest BCUT2D eigenvalue weighted by atomic mass is 16.6. The SMILES string of the molecule is Cc1cc2c(cc1CCCCC(C)(C)O)OCCO2. The van der Waals surface area contributed by atoms with Gasteiger partial charge in [0, 0.05) is 0 Å². The van der Waals surface area contributed by atoms with Crippen LogP contribution in [0.4, 0.5) is 0 Å². The Morgan fingerprint density at radius 3 is 2.37 bits per heavy atom. The molecule has 1 aliphatic heterocycles. The van der Waals surface area contributed by atoms with Gasteiger partial charge < -0.3 is 14.6 Å². The number of rotatable bonds is 5. The summed E-state index contributed by atoms with van der Waals surface area (Å²) in [5, 5.41) is 9.69. The molecule has 0 saturated heterocycles. The van der Waals surface area contributed by atoms with Gasteiger partial charge in [-0.1, -0.05) is 6.42 Å². The Balaban J connectivity index is 1.93. The molecule has 0 aliphatic carbocycles. The zero-order valence-electron chi connectivity index (χ0n) is 12.2. The monoisotopic (exact) mass is 264 g/mol. The first-order chi connectivity index (χ1) is 8.96. The smallest absolute Gasteiger partial charge is 0.161 e. The summed E-state index contributed by atoms with van der Waals surface area (Å²) in [4.78, 5) is 0. The second kappa shape index (κ2) is 5.83. The van der Waals surface area contributed by atoms with Gasteiger partial charge in [0.2, 0.25) is 0 Å². The molecule has 0 bridgehead atoms. The lowest BCUT2D eigenvalue weighted by molar-refractivity contribution is 0.0682. The lowest BCUT2D eigenvalue weighted by Gasteiger charge is -2.20. The number of hydrogen-bond donors (Lipinski definition) is 1. The van der Waals surface area contributed by atoms with Gasteiger partial charge >= 0.3 is 0 Å². The molecular formula is C16H24O3. The molecule has 106 valence electrons. The topological polar surface area (TPSA) is 38.7 Å². The van der Waals surface area contributed by atoms with Crippen molar-refractivity contribution in [3.8, 4) is 11.5 Å². The van der Waals surface area contributed by atoms with Crippen molar-refractivity contribution in [3.05, 3.63) is 23.3 Å². The fourth-order valence-electron chi connectivity index (χ4n) is 2.37. The number of unbranched alkanes of at least 4 members (excludes halogenated alkanes) is 1. The highest BCUT2D eigenvalue weighted by molar-refractivity contribution is 5.47. The molecule has 0 atom stereocenters. The van der Waals surface area contributed by atoms with E-state index in [0.29, 0.717) is 13.2 Å². The van der Waals surface area contributed by atoms with E-state index in [-0.39, 0.29) is 0 Å². The zero-order chi connectivity index (χ0) is 13.9. The number of ether oxygens (including phenoxy) is 2. The van der Waals surface area contributed by atoms with Gasteiger partial charge in [-0.25, -0.2) is 0 Å². The van der Waals surface area contributed by atoms with Crippen LogP contribution in [0, 0.1) is 6.92 Å². The average molecular weight is 264 g/mol. The first-order valence-corrected chi connectivity index (χ1v) is 7.07. The van der Waals surface area contributed by atoms with Crippen LogP contribution in [0.5, 0.6) is 11.5 Å². The number of hydrogen-bond acceptors (Lipinski definition) is 3. The lowest BCUT2D eigenvalue weighted by atomic mass is 9.97. The number of fused-ring (bicyclic) bond motifs is 1. The summed E-state index contributed by atoms with van der Waals surface area (Å²) < 4.78 is 11.2. The van der Waals surface area contributed by atoms with Crippen molar-refractivity contribution in [2.24, 2.45) is 0 Å². The third-order valence-corrected chi connectivity index (χ3v) is 3.49. The minimum atomic E-state index is -0.554. The van der Waals surface area contributed by atoms with E-state index in [2.05, 4.69) is 19.1 Å². The summed E-state index contributed by atoms with van der Waals surface area (Å²) in [6.07, 6.45) is 4.00. The van der Waals surface area contributed by atoms with Crippen LogP contribution in [0.3, 0.4) is 0 Å². The van der Waals surface area contributed by atoms with Gasteiger partial charge in [0.15, 0.2) is 11.5 Å². The van der Waals surface area contributed by atoms with Crippen molar-refractivity contribution in [1.29, 1.82) is 0 Å². The standard InChI is InChI=1S/C16H24O3/c1-12-10-14-15(19-9-8-18-14)11-13(12)6-4-5-7-16(2,3)17/h10-11,17H,4-9H2,1-3H3. The fourth-order valence-corrected chi connectivity index (χ4v) is 2.37. The Hall–Kier alpha value is -1.22. The summed E-state index contributed by atoms with van der Waals surface area (Å²) in [6.45, 7) is 7.11. The first kappa shape index (κ1) is 14.2. The zero-order valence-corrected chi connectivity index (χ0v) is 12.2. The van der Waals surface area contributed by atoms with Gasteiger partial charge in [-0.3, -0.25) is 0 Å². The van der Waals surface area contributed by atoms with Crippen LogP contribution in [-0.4, -0.2) is 23.9 Å². The third kappa shape index (κ3) is 4.13. The molecule has 1 aromatic rings. The van der Waals surface area contributed by atoms with E-state index in [9.17, 15) is 5.11 Å². The van der Waals surface area contributed by atoms with Crippen molar-refractivity contribution in [2.45, 2.75) is 52.1 Å². The first-order valence-electron chi connectivity index (χ1n) is 7.07. The van der Waals surface area contributed by atoms with E-state index in [0.717, 1.165) is 37.2 Å². The summed E-state index contributed by atoms with van der Waals surface area (Å²) in [5.74, 6) is 1.73. The molecule has 0 fully saturated rings. The van der Waals surface area contributed by atoms with E-state index < -0.39 is 5.60 Å². The second-order valence-electron chi connectivity index (χ2n) is 5.94. The largest absolute Gasteiger partial charge is 0.486 e. The molecule has 3 heteroatoms. The maximum Gasteiger partial charge on any atom is 0.161 e. The Labute approximate surface area is 115 Å². The predicted octanol–water partition coefficient (Wildman–Crippen LogP) is 3.25. The molecule has 3 nitrogen and oxygen atoms in total. The van der Waals surface area contributed by atoms with Gasteiger partial charge in [-0.15, -0.1) is 0 Å². The number of benzene rings is 1. The van der Waals surface area contributed by atoms with Crippen molar-refractivity contribution in [1.82, 2.24) is 0 Å². The van der Waals surface area contributed by atoms with Crippen molar-refractivity contribution in [2.75, 3.05) is 13.2 Å². The Morgan fingerprint density at radius 2 is 1.74 bits per heavy atom. The maximum absolute atomic E-state index is 9.69. The molecular weight excluding hydrogens is 240 g/mol. The average Bonchev–Trinajstić information content (AvgIpc) is 2.33. The van der Waals surface area contributed by atoms with E-state index in [1.54, 1.807) is 0 Å². The summed E-state index contributed by atoms with van der Waals surface area (Å²) in [7, 11) is 0. The highest BCUT2D eigenvalue weighted by Gasteiger charge is 2.15. The van der Waals surface area contributed by atoms with E-state index in [4.69, 9.17) is 9.47 Å². The Morgan fingerprint density at radius 1 is 1.11 bits per heavy atom. The van der Waals surface area contributed by atoms with E-state index in [1.807, 2.05) is 13.8 Å². The molecule has 0 aromatic heterocycles. The van der Waals surface area contributed by atoms with Crippen LogP contribution in [0.25, 0.3) is 0 Å². The van der Waals surface area contributed by atoms with Crippen molar-refractivity contribution < 1.29 is 14.6 Å². The molecule has 1 heterocycles. The lowest BCUT2D eigenvalue weighted by Crippen LogP contribution is -2.18. The van der Waals surface area contributed by atoms with Gasteiger partial charge in [-0.2, -0.15) is 0 Å². The molecule has 0 saturated carbocycles. The van der Waals surface area contributed by atoms with Gasteiger partial charge in [0.05, 0.1) is 5.60 Å². The van der Waals surface area contributed by atoms with Crippen LogP contribution in [0.1, 0.15) is 44.2 Å². The van der Waals surface area contributed by atoms with Crippen LogP contribution < -0.4 is 9.47 Å². The molecule has 0 amide bonds. The number of aryl methyl sites for hydroxylation is 2.